The van der Waals surface area contributed by atoms with E-state index in [4.69, 9.17) is 11.5 Å². The third-order valence-corrected chi connectivity index (χ3v) is 3.36. The third-order valence-electron chi connectivity index (χ3n) is 3.36. The fourth-order valence-corrected chi connectivity index (χ4v) is 1.98. The first-order valence-corrected chi connectivity index (χ1v) is 5.97. The Hall–Kier alpha value is -1.88. The molecule has 0 aliphatic heterocycles. The van der Waals surface area contributed by atoms with Crippen LogP contribution in [0.4, 0.5) is 0 Å². The molecule has 1 fully saturated rings. The van der Waals surface area contributed by atoms with E-state index in [2.05, 4.69) is 5.32 Å². The van der Waals surface area contributed by atoms with Gasteiger partial charge in [-0.3, -0.25) is 9.59 Å². The first-order valence-electron chi connectivity index (χ1n) is 5.97. The van der Waals surface area contributed by atoms with Crippen molar-refractivity contribution in [1.29, 1.82) is 0 Å². The topological polar surface area (TPSA) is 98.2 Å². The van der Waals surface area contributed by atoms with Crippen molar-refractivity contribution in [2.45, 2.75) is 24.8 Å². The molecule has 5 nitrogen and oxygen atoms in total. The highest BCUT2D eigenvalue weighted by molar-refractivity contribution is 5.99. The quantitative estimate of drug-likeness (QED) is 0.718. The van der Waals surface area contributed by atoms with Crippen molar-refractivity contribution in [1.82, 2.24) is 5.32 Å². The van der Waals surface area contributed by atoms with Gasteiger partial charge in [-0.2, -0.15) is 0 Å². The predicted molar refractivity (Wildman–Crippen MR) is 68.1 cm³/mol. The van der Waals surface area contributed by atoms with E-state index in [1.165, 1.54) is 6.07 Å². The molecule has 96 valence electrons. The number of benzene rings is 1. The largest absolute Gasteiger partial charge is 0.366 e. The van der Waals surface area contributed by atoms with Crippen LogP contribution in [-0.4, -0.2) is 23.9 Å². The van der Waals surface area contributed by atoms with Crippen LogP contribution in [-0.2, 0) is 0 Å². The van der Waals surface area contributed by atoms with E-state index in [0.29, 0.717) is 17.7 Å². The van der Waals surface area contributed by atoms with Crippen LogP contribution < -0.4 is 16.8 Å². The molecule has 1 aliphatic rings. The maximum Gasteiger partial charge on any atom is 0.251 e. The number of rotatable bonds is 4. The number of hydrogen-bond acceptors (Lipinski definition) is 3. The lowest BCUT2D eigenvalue weighted by Crippen LogP contribution is -2.54. The summed E-state index contributed by atoms with van der Waals surface area (Å²) in [5, 5.41) is 2.79. The van der Waals surface area contributed by atoms with E-state index in [9.17, 15) is 9.59 Å². The summed E-state index contributed by atoms with van der Waals surface area (Å²) in [6, 6.07) is 6.35. The van der Waals surface area contributed by atoms with E-state index in [1.54, 1.807) is 18.2 Å². The van der Waals surface area contributed by atoms with Crippen LogP contribution in [0.15, 0.2) is 24.3 Å². The number of amides is 2. The average molecular weight is 247 g/mol. The molecular formula is C13H17N3O2. The first-order chi connectivity index (χ1) is 8.50. The molecule has 5 N–H and O–H groups in total. The maximum absolute atomic E-state index is 11.9. The third kappa shape index (κ3) is 2.68. The molecule has 18 heavy (non-hydrogen) atoms. The highest BCUT2D eigenvalue weighted by Crippen LogP contribution is 2.28. The van der Waals surface area contributed by atoms with Gasteiger partial charge in [-0.05, 0) is 37.5 Å². The van der Waals surface area contributed by atoms with Crippen LogP contribution in [0, 0.1) is 0 Å². The molecule has 0 unspecified atom stereocenters. The molecule has 0 heterocycles. The van der Waals surface area contributed by atoms with Gasteiger partial charge in [0.05, 0.1) is 0 Å². The first kappa shape index (κ1) is 12.6. The molecule has 0 bridgehead atoms. The zero-order valence-corrected chi connectivity index (χ0v) is 10.1. The molecule has 0 saturated heterocycles. The van der Waals surface area contributed by atoms with Gasteiger partial charge in [0.15, 0.2) is 0 Å². The molecule has 1 saturated carbocycles. The summed E-state index contributed by atoms with van der Waals surface area (Å²) in [6.07, 6.45) is 2.99. The van der Waals surface area contributed by atoms with Gasteiger partial charge in [-0.15, -0.1) is 0 Å². The number of nitrogens with one attached hydrogen (secondary N) is 1. The second-order valence-corrected chi connectivity index (χ2v) is 4.84. The number of primary amides is 1. The Bertz CT molecular complexity index is 481. The molecular weight excluding hydrogens is 230 g/mol. The van der Waals surface area contributed by atoms with E-state index in [1.807, 2.05) is 0 Å². The van der Waals surface area contributed by atoms with Crippen LogP contribution in [0.1, 0.15) is 40.0 Å². The zero-order chi connectivity index (χ0) is 13.2. The Morgan fingerprint density at radius 1 is 1.28 bits per heavy atom. The Morgan fingerprint density at radius 3 is 2.50 bits per heavy atom. The van der Waals surface area contributed by atoms with Crippen molar-refractivity contribution in [3.8, 4) is 0 Å². The second-order valence-electron chi connectivity index (χ2n) is 4.84. The van der Waals surface area contributed by atoms with Gasteiger partial charge in [0, 0.05) is 23.2 Å². The predicted octanol–water partition coefficient (Wildman–Crippen LogP) is 0.397. The van der Waals surface area contributed by atoms with Crippen LogP contribution in [0.2, 0.25) is 0 Å². The Balaban J connectivity index is 2.00. The fourth-order valence-electron chi connectivity index (χ4n) is 1.98. The van der Waals surface area contributed by atoms with Gasteiger partial charge in [0.25, 0.3) is 5.91 Å². The summed E-state index contributed by atoms with van der Waals surface area (Å²) in [5.74, 6) is -0.770. The maximum atomic E-state index is 11.9. The molecule has 1 aromatic rings. The van der Waals surface area contributed by atoms with Gasteiger partial charge >= 0.3 is 0 Å². The minimum absolute atomic E-state index is 0.227. The van der Waals surface area contributed by atoms with Crippen molar-refractivity contribution >= 4 is 11.8 Å². The van der Waals surface area contributed by atoms with Crippen molar-refractivity contribution in [2.24, 2.45) is 11.5 Å². The second kappa shape index (κ2) is 4.78. The van der Waals surface area contributed by atoms with Crippen molar-refractivity contribution in [3.63, 3.8) is 0 Å². The highest BCUT2D eigenvalue weighted by Gasteiger charge is 2.32. The van der Waals surface area contributed by atoms with Crippen molar-refractivity contribution < 1.29 is 9.59 Å². The van der Waals surface area contributed by atoms with Crippen LogP contribution in [0.25, 0.3) is 0 Å². The summed E-state index contributed by atoms with van der Waals surface area (Å²) in [5.41, 5.74) is 11.7. The molecule has 5 heteroatoms. The van der Waals surface area contributed by atoms with E-state index in [-0.39, 0.29) is 11.4 Å². The summed E-state index contributed by atoms with van der Waals surface area (Å²) < 4.78 is 0. The normalized spacial score (nSPS) is 16.7. The SMILES string of the molecule is NC(=O)c1cccc(C(=O)NCC2(N)CCC2)c1. The summed E-state index contributed by atoms with van der Waals surface area (Å²) in [6.45, 7) is 0.465. The summed E-state index contributed by atoms with van der Waals surface area (Å²) in [7, 11) is 0. The molecule has 0 atom stereocenters. The van der Waals surface area contributed by atoms with Crippen LogP contribution >= 0.6 is 0 Å². The lowest BCUT2D eigenvalue weighted by molar-refractivity contribution is 0.0930. The van der Waals surface area contributed by atoms with Gasteiger partial charge in [-0.25, -0.2) is 0 Å². The van der Waals surface area contributed by atoms with Gasteiger partial charge in [0.1, 0.15) is 0 Å². The lowest BCUT2D eigenvalue weighted by Gasteiger charge is -2.38. The van der Waals surface area contributed by atoms with Gasteiger partial charge < -0.3 is 16.8 Å². The summed E-state index contributed by atoms with van der Waals surface area (Å²) >= 11 is 0. The fraction of sp³-hybridized carbons (Fsp3) is 0.385. The monoisotopic (exact) mass is 247 g/mol. The smallest absolute Gasteiger partial charge is 0.251 e. The number of carbonyl (C=O) groups excluding carboxylic acids is 2. The Labute approximate surface area is 106 Å². The van der Waals surface area contributed by atoms with Crippen molar-refractivity contribution in [3.05, 3.63) is 35.4 Å². The molecule has 0 aromatic heterocycles. The molecule has 1 aliphatic carbocycles. The number of carbonyl (C=O) groups is 2. The van der Waals surface area contributed by atoms with Crippen molar-refractivity contribution in [2.75, 3.05) is 6.54 Å². The minimum atomic E-state index is -0.543. The molecule has 0 radical (unpaired) electrons. The molecule has 2 rings (SSSR count). The van der Waals surface area contributed by atoms with E-state index >= 15 is 0 Å². The standard InChI is InChI=1S/C13H17N3O2/c14-11(17)9-3-1-4-10(7-9)12(18)16-8-13(15)5-2-6-13/h1,3-4,7H,2,5-6,8,15H2,(H2,14,17)(H,16,18). The minimum Gasteiger partial charge on any atom is -0.366 e. The molecule has 0 spiro atoms. The van der Waals surface area contributed by atoms with Crippen LogP contribution in [0.3, 0.4) is 0 Å². The lowest BCUT2D eigenvalue weighted by atomic mass is 9.78. The Kier molecular flexibility index (Phi) is 3.34. The molecule has 1 aromatic carbocycles. The van der Waals surface area contributed by atoms with Gasteiger partial charge in [-0.1, -0.05) is 6.07 Å². The summed E-state index contributed by atoms with van der Waals surface area (Å²) in [4.78, 5) is 22.9. The number of hydrogen-bond donors (Lipinski definition) is 3. The number of nitrogens with two attached hydrogens (primary N) is 2. The molecule has 2 amide bonds. The van der Waals surface area contributed by atoms with Gasteiger partial charge in [0.2, 0.25) is 5.91 Å². The highest BCUT2D eigenvalue weighted by atomic mass is 16.2. The zero-order valence-electron chi connectivity index (χ0n) is 10.1. The Morgan fingerprint density at radius 2 is 1.94 bits per heavy atom. The van der Waals surface area contributed by atoms with Crippen LogP contribution in [0.5, 0.6) is 0 Å². The van der Waals surface area contributed by atoms with E-state index < -0.39 is 5.91 Å². The average Bonchev–Trinajstić information content (AvgIpc) is 2.33. The van der Waals surface area contributed by atoms with E-state index in [0.717, 1.165) is 19.3 Å².